The lowest BCUT2D eigenvalue weighted by molar-refractivity contribution is 0.0592. The number of carbonyl (C=O) groups is 2. The van der Waals surface area contributed by atoms with Crippen LogP contribution in [0.15, 0.2) is 97.6 Å². The third-order valence-corrected chi connectivity index (χ3v) is 11.2. The summed E-state index contributed by atoms with van der Waals surface area (Å²) < 4.78 is 10.0. The van der Waals surface area contributed by atoms with E-state index in [1.165, 1.54) is 14.2 Å². The molecule has 5 aromatic rings. The minimum Gasteiger partial charge on any atom is -0.465 e. The van der Waals surface area contributed by atoms with Gasteiger partial charge in [0.05, 0.1) is 48.1 Å². The van der Waals surface area contributed by atoms with Crippen molar-refractivity contribution in [3.8, 4) is 22.3 Å². The Morgan fingerprint density at radius 1 is 0.483 bits per heavy atom. The van der Waals surface area contributed by atoms with Crippen LogP contribution < -0.4 is 0 Å². The number of esters is 2. The molecule has 0 amide bonds. The number of methoxy groups -OCH3 is 2. The Morgan fingerprint density at radius 3 is 1.16 bits per heavy atom. The van der Waals surface area contributed by atoms with E-state index in [4.69, 9.17) is 19.4 Å². The van der Waals surface area contributed by atoms with Gasteiger partial charge in [-0.3, -0.25) is 0 Å². The number of H-pyrrole nitrogens is 2. The van der Waals surface area contributed by atoms with Crippen LogP contribution in [-0.4, -0.2) is 93.9 Å². The molecule has 0 saturated carbocycles. The normalized spacial score (nSPS) is 15.0. The molecule has 0 saturated heterocycles. The molecule has 9 rings (SSSR count). The topological polar surface area (TPSA) is 123 Å². The van der Waals surface area contributed by atoms with Crippen LogP contribution in [0, 0.1) is 0 Å². The average molecular weight is 771 g/mol. The van der Waals surface area contributed by atoms with Crippen molar-refractivity contribution in [2.24, 2.45) is 0 Å². The molecule has 12 nitrogen and oxygen atoms in total. The van der Waals surface area contributed by atoms with Crippen LogP contribution in [0.3, 0.4) is 0 Å². The first kappa shape index (κ1) is 36.3. The van der Waals surface area contributed by atoms with Gasteiger partial charge in [-0.1, -0.05) is 24.3 Å². The Labute approximate surface area is 335 Å². The zero-order valence-corrected chi connectivity index (χ0v) is 33.0. The number of nitrogens with zero attached hydrogens (tertiary/aromatic N) is 6. The maximum atomic E-state index is 12.4. The first-order chi connectivity index (χ1) is 28.1. The predicted molar refractivity (Wildman–Crippen MR) is 227 cm³/mol. The third-order valence-electron chi connectivity index (χ3n) is 11.2. The van der Waals surface area contributed by atoms with Gasteiger partial charge < -0.3 is 39.0 Å². The first-order valence-electron chi connectivity index (χ1n) is 18.9. The summed E-state index contributed by atoms with van der Waals surface area (Å²) in [5.41, 5.74) is 13.1. The van der Waals surface area contributed by atoms with Crippen LogP contribution >= 0.6 is 0 Å². The van der Waals surface area contributed by atoms with Gasteiger partial charge in [0, 0.05) is 97.3 Å². The van der Waals surface area contributed by atoms with Crippen molar-refractivity contribution in [1.82, 2.24) is 39.5 Å². The number of hydrogen-bond acceptors (Lipinski definition) is 10. The van der Waals surface area contributed by atoms with E-state index in [-0.39, 0.29) is 12.3 Å². The first-order valence-corrected chi connectivity index (χ1v) is 18.9. The van der Waals surface area contributed by atoms with Crippen LogP contribution in [0.5, 0.6) is 0 Å². The fourth-order valence-corrected chi connectivity index (χ4v) is 8.32. The van der Waals surface area contributed by atoms with Crippen LogP contribution in [0.25, 0.3) is 68.6 Å². The number of nitrogens with one attached hydrogen (secondary N) is 2. The van der Waals surface area contributed by atoms with E-state index in [9.17, 15) is 9.59 Å². The summed E-state index contributed by atoms with van der Waals surface area (Å²) in [5.74, 6) is -0.794. The molecule has 0 atom stereocenters. The molecule has 3 aromatic heterocycles. The van der Waals surface area contributed by atoms with E-state index in [2.05, 4.69) is 131 Å². The lowest BCUT2D eigenvalue weighted by atomic mass is 10.0. The van der Waals surface area contributed by atoms with E-state index in [1.807, 2.05) is 24.3 Å². The lowest BCUT2D eigenvalue weighted by Crippen LogP contribution is -2.26. The molecule has 7 heterocycles. The smallest absolute Gasteiger partial charge is 0.337 e. The van der Waals surface area contributed by atoms with Crippen molar-refractivity contribution in [2.75, 3.05) is 42.4 Å². The Bertz CT molecular complexity index is 2560. The van der Waals surface area contributed by atoms with Gasteiger partial charge in [-0.25, -0.2) is 19.6 Å². The summed E-state index contributed by atoms with van der Waals surface area (Å²) in [6.07, 6.45) is 16.2. The number of carbonyl (C=O) groups excluding carboxylic acids is 2. The molecule has 58 heavy (non-hydrogen) atoms. The molecule has 12 heteroatoms. The van der Waals surface area contributed by atoms with Crippen LogP contribution in [0.4, 0.5) is 0 Å². The number of fused-ring (bicyclic) bond motifs is 8. The highest BCUT2D eigenvalue weighted by atomic mass is 16.5. The summed E-state index contributed by atoms with van der Waals surface area (Å²) in [4.78, 5) is 51.9. The Balaban J connectivity index is 1.41. The third kappa shape index (κ3) is 6.10. The molecular weight excluding hydrogens is 729 g/mol. The highest BCUT2D eigenvalue weighted by molar-refractivity contribution is 5.96. The molecule has 290 valence electrons. The minimum absolute atomic E-state index is 0.161. The monoisotopic (exact) mass is 770 g/mol. The molecule has 0 fully saturated rings. The molecule has 8 bridgehead atoms. The van der Waals surface area contributed by atoms with Gasteiger partial charge in [-0.05, 0) is 84.0 Å². The molecule has 4 aliphatic rings. The van der Waals surface area contributed by atoms with E-state index < -0.39 is 11.9 Å². The zero-order valence-electron chi connectivity index (χ0n) is 33.0. The van der Waals surface area contributed by atoms with E-state index in [0.717, 1.165) is 78.2 Å². The highest BCUT2D eigenvalue weighted by Crippen LogP contribution is 2.40. The Morgan fingerprint density at radius 2 is 0.810 bits per heavy atom. The number of ether oxygens (including phenoxy) is 2. The van der Waals surface area contributed by atoms with Gasteiger partial charge in [0.1, 0.15) is 12.3 Å². The standard InChI is InChI=1S/C46H42N8O4/c1-51-23-24-52(2)43(51)41-35-19-15-31(47-35)39(27-7-11-29(12-8-27)45(55)57-5)33-17-21-37(49-33)42(44-53(3)25-26-54(44)4)38-22-18-34(50-38)40(32-16-20-36(41)48-32)28-9-13-30(14-10-28)46(56)58-6/h7-26,43-44,47,50H,1-6H3. The predicted octanol–water partition coefficient (Wildman–Crippen LogP) is 8.26. The van der Waals surface area contributed by atoms with Crippen molar-refractivity contribution >= 4 is 58.3 Å². The SMILES string of the molecule is COC(=O)c1ccc(-c2c3nc(c(C4N(C)C=CN4C)c4ccc([nH]4)c(-c4ccc(C(=O)OC)cc4)c4nc(c(C5N(C)C=CN5C)c5ccc2[nH]5)C=C4)C=C3)cc1. The summed E-state index contributed by atoms with van der Waals surface area (Å²) in [6, 6.07) is 23.2. The van der Waals surface area contributed by atoms with Crippen molar-refractivity contribution in [3.05, 3.63) is 143 Å². The number of benzene rings is 2. The molecule has 0 aliphatic carbocycles. The summed E-state index contributed by atoms with van der Waals surface area (Å²) in [6.45, 7) is 0. The van der Waals surface area contributed by atoms with Crippen molar-refractivity contribution in [2.45, 2.75) is 12.3 Å². The largest absolute Gasteiger partial charge is 0.465 e. The fourth-order valence-electron chi connectivity index (χ4n) is 8.32. The van der Waals surface area contributed by atoms with Crippen molar-refractivity contribution < 1.29 is 19.1 Å². The summed E-state index contributed by atoms with van der Waals surface area (Å²) in [7, 11) is 11.0. The molecule has 2 N–H and O–H groups in total. The lowest BCUT2D eigenvalue weighted by Gasteiger charge is -2.28. The molecule has 0 spiro atoms. The maximum Gasteiger partial charge on any atom is 0.337 e. The number of hydrogen-bond donors (Lipinski definition) is 2. The molecule has 4 aliphatic heterocycles. The quantitative estimate of drug-likeness (QED) is 0.160. The molecule has 0 radical (unpaired) electrons. The molecule has 2 aromatic carbocycles. The van der Waals surface area contributed by atoms with Gasteiger partial charge in [0.25, 0.3) is 0 Å². The van der Waals surface area contributed by atoms with Crippen molar-refractivity contribution in [1.29, 1.82) is 0 Å². The molecular formula is C46H42N8O4. The second kappa shape index (κ2) is 14.3. The van der Waals surface area contributed by atoms with Crippen molar-refractivity contribution in [3.63, 3.8) is 0 Å². The van der Waals surface area contributed by atoms with Gasteiger partial charge in [-0.2, -0.15) is 0 Å². The zero-order chi connectivity index (χ0) is 40.2. The number of rotatable bonds is 6. The fraction of sp³-hybridized carbons (Fsp3) is 0.174. The van der Waals surface area contributed by atoms with Gasteiger partial charge >= 0.3 is 11.9 Å². The highest BCUT2D eigenvalue weighted by Gasteiger charge is 2.30. The van der Waals surface area contributed by atoms with E-state index >= 15 is 0 Å². The van der Waals surface area contributed by atoms with Gasteiger partial charge in [0.15, 0.2) is 0 Å². The number of aromatic amines is 2. The van der Waals surface area contributed by atoms with E-state index in [0.29, 0.717) is 11.1 Å². The van der Waals surface area contributed by atoms with Gasteiger partial charge in [-0.15, -0.1) is 0 Å². The maximum absolute atomic E-state index is 12.4. The van der Waals surface area contributed by atoms with E-state index in [1.54, 1.807) is 24.3 Å². The second-order valence-electron chi connectivity index (χ2n) is 14.7. The second-order valence-corrected chi connectivity index (χ2v) is 14.7. The van der Waals surface area contributed by atoms with Crippen LogP contribution in [-0.2, 0) is 9.47 Å². The Hall–Kier alpha value is -7.34. The minimum atomic E-state index is -0.397. The van der Waals surface area contributed by atoms with Crippen LogP contribution in [0.2, 0.25) is 0 Å². The number of aromatic nitrogens is 4. The average Bonchev–Trinajstić information content (AvgIpc) is 4.12. The van der Waals surface area contributed by atoms with Crippen LogP contribution in [0.1, 0.15) is 67.0 Å². The van der Waals surface area contributed by atoms with Gasteiger partial charge in [0.2, 0.25) is 0 Å². The Kier molecular flexibility index (Phi) is 8.96. The summed E-state index contributed by atoms with van der Waals surface area (Å²) in [5, 5.41) is 0. The molecule has 0 unspecified atom stereocenters. The summed E-state index contributed by atoms with van der Waals surface area (Å²) >= 11 is 0.